The van der Waals surface area contributed by atoms with Gasteiger partial charge in [0.05, 0.1) is 16.2 Å². The molecule has 0 aromatic heterocycles. The van der Waals surface area contributed by atoms with E-state index in [2.05, 4.69) is 10.5 Å². The lowest BCUT2D eigenvalue weighted by Crippen LogP contribution is -2.20. The van der Waals surface area contributed by atoms with Crippen molar-refractivity contribution in [3.8, 4) is 0 Å². The number of nitro groups is 1. The summed E-state index contributed by atoms with van der Waals surface area (Å²) in [5, 5.41) is 15.0. The Hall–Kier alpha value is -3.02. The van der Waals surface area contributed by atoms with Crippen LogP contribution in [0.25, 0.3) is 0 Å². The minimum atomic E-state index is -0.507. The molecule has 118 valence electrons. The lowest BCUT2D eigenvalue weighted by Gasteiger charge is -2.06. The van der Waals surface area contributed by atoms with E-state index >= 15 is 0 Å². The van der Waals surface area contributed by atoms with Crippen molar-refractivity contribution in [1.82, 2.24) is 5.43 Å². The first kappa shape index (κ1) is 16.4. The molecule has 1 N–H and O–H groups in total. The minimum absolute atomic E-state index is 0.0862. The van der Waals surface area contributed by atoms with Crippen molar-refractivity contribution in [3.63, 3.8) is 0 Å². The van der Waals surface area contributed by atoms with Gasteiger partial charge in [-0.1, -0.05) is 35.9 Å². The van der Waals surface area contributed by atoms with Crippen LogP contribution in [-0.4, -0.2) is 16.5 Å². The summed E-state index contributed by atoms with van der Waals surface area (Å²) in [6, 6.07) is 12.1. The Kier molecular flexibility index (Phi) is 4.85. The van der Waals surface area contributed by atoms with Crippen LogP contribution >= 0.6 is 0 Å². The first-order valence-electron chi connectivity index (χ1n) is 7.06. The normalized spacial score (nSPS) is 11.2. The highest BCUT2D eigenvalue weighted by Gasteiger charge is 2.17. The highest BCUT2D eigenvalue weighted by Crippen LogP contribution is 2.20. The topological polar surface area (TPSA) is 84.6 Å². The van der Waals surface area contributed by atoms with Gasteiger partial charge in [0.1, 0.15) is 0 Å². The molecule has 0 atom stereocenters. The maximum atomic E-state index is 12.2. The first-order valence-corrected chi connectivity index (χ1v) is 7.06. The van der Waals surface area contributed by atoms with E-state index in [1.807, 2.05) is 31.2 Å². The van der Waals surface area contributed by atoms with Crippen molar-refractivity contribution in [2.24, 2.45) is 5.10 Å². The summed E-state index contributed by atoms with van der Waals surface area (Å²) < 4.78 is 0. The number of hydrazone groups is 1. The standard InChI is InChI=1S/C17H17N3O3/c1-11-7-9-14(10-8-11)13(3)18-19-17(21)15-5-4-6-16(12(15)2)20(22)23/h4-10H,1-3H3,(H,19,21)/b18-13-. The van der Waals surface area contributed by atoms with Crippen LogP contribution in [0.2, 0.25) is 0 Å². The number of aryl methyl sites for hydroxylation is 1. The molecule has 0 fully saturated rings. The molecule has 0 unspecified atom stereocenters. The summed E-state index contributed by atoms with van der Waals surface area (Å²) in [5.41, 5.74) is 5.60. The molecule has 2 aromatic rings. The van der Waals surface area contributed by atoms with Crippen LogP contribution in [0, 0.1) is 24.0 Å². The Bertz CT molecular complexity index is 780. The second-order valence-electron chi connectivity index (χ2n) is 5.21. The summed E-state index contributed by atoms with van der Waals surface area (Å²) in [6.07, 6.45) is 0. The number of nitro benzene ring substituents is 1. The van der Waals surface area contributed by atoms with Gasteiger partial charge in [0, 0.05) is 11.6 Å². The predicted octanol–water partition coefficient (Wildman–Crippen LogP) is 3.37. The number of hydrogen-bond donors (Lipinski definition) is 1. The summed E-state index contributed by atoms with van der Waals surface area (Å²) >= 11 is 0. The third-order valence-corrected chi connectivity index (χ3v) is 3.54. The second kappa shape index (κ2) is 6.83. The lowest BCUT2D eigenvalue weighted by molar-refractivity contribution is -0.385. The number of amides is 1. The van der Waals surface area contributed by atoms with E-state index in [1.165, 1.54) is 18.2 Å². The first-order chi connectivity index (χ1) is 10.9. The van der Waals surface area contributed by atoms with E-state index in [4.69, 9.17) is 0 Å². The van der Waals surface area contributed by atoms with Crippen LogP contribution in [0.1, 0.15) is 34.0 Å². The van der Waals surface area contributed by atoms with Crippen LogP contribution < -0.4 is 5.43 Å². The minimum Gasteiger partial charge on any atom is -0.267 e. The molecule has 0 saturated carbocycles. The number of carbonyl (C=O) groups is 1. The van der Waals surface area contributed by atoms with Gasteiger partial charge in [-0.15, -0.1) is 0 Å². The van der Waals surface area contributed by atoms with Crippen molar-refractivity contribution in [1.29, 1.82) is 0 Å². The van der Waals surface area contributed by atoms with E-state index in [-0.39, 0.29) is 11.3 Å². The average Bonchev–Trinajstić information content (AvgIpc) is 2.53. The molecular weight excluding hydrogens is 294 g/mol. The van der Waals surface area contributed by atoms with Crippen molar-refractivity contribution in [3.05, 3.63) is 74.8 Å². The molecule has 6 heteroatoms. The quantitative estimate of drug-likeness (QED) is 0.533. The Morgan fingerprint density at radius 1 is 1.13 bits per heavy atom. The molecule has 0 aliphatic rings. The van der Waals surface area contributed by atoms with E-state index < -0.39 is 10.8 Å². The molecule has 1 amide bonds. The zero-order valence-corrected chi connectivity index (χ0v) is 13.2. The van der Waals surface area contributed by atoms with E-state index in [9.17, 15) is 14.9 Å². The number of nitrogens with zero attached hydrogens (tertiary/aromatic N) is 2. The molecule has 0 aliphatic carbocycles. The van der Waals surface area contributed by atoms with Crippen molar-refractivity contribution in [2.45, 2.75) is 20.8 Å². The highest BCUT2D eigenvalue weighted by atomic mass is 16.6. The van der Waals surface area contributed by atoms with Crippen molar-refractivity contribution < 1.29 is 9.72 Å². The summed E-state index contributed by atoms with van der Waals surface area (Å²) in [5.74, 6) is -0.474. The number of carbonyl (C=O) groups excluding carboxylic acids is 1. The van der Waals surface area contributed by atoms with Crippen LogP contribution in [0.15, 0.2) is 47.6 Å². The third-order valence-electron chi connectivity index (χ3n) is 3.54. The van der Waals surface area contributed by atoms with E-state index in [0.717, 1.165) is 11.1 Å². The number of benzene rings is 2. The molecule has 0 radical (unpaired) electrons. The fourth-order valence-electron chi connectivity index (χ4n) is 2.12. The zero-order valence-electron chi connectivity index (χ0n) is 13.2. The van der Waals surface area contributed by atoms with Gasteiger partial charge in [0.2, 0.25) is 0 Å². The van der Waals surface area contributed by atoms with Crippen LogP contribution in [0.3, 0.4) is 0 Å². The molecule has 2 aromatic carbocycles. The monoisotopic (exact) mass is 311 g/mol. The van der Waals surface area contributed by atoms with Gasteiger partial charge >= 0.3 is 0 Å². The molecule has 6 nitrogen and oxygen atoms in total. The molecule has 0 spiro atoms. The smallest absolute Gasteiger partial charge is 0.267 e. The molecule has 2 rings (SSSR count). The van der Waals surface area contributed by atoms with Gasteiger partial charge in [-0.2, -0.15) is 5.10 Å². The van der Waals surface area contributed by atoms with Gasteiger partial charge in [-0.3, -0.25) is 14.9 Å². The Balaban J connectivity index is 2.19. The second-order valence-corrected chi connectivity index (χ2v) is 5.21. The molecule has 0 saturated heterocycles. The Labute approximate surface area is 134 Å². The lowest BCUT2D eigenvalue weighted by atomic mass is 10.1. The molecule has 0 aliphatic heterocycles. The molecule has 23 heavy (non-hydrogen) atoms. The van der Waals surface area contributed by atoms with Crippen LogP contribution in [0.5, 0.6) is 0 Å². The molecular formula is C17H17N3O3. The maximum Gasteiger partial charge on any atom is 0.273 e. The molecule has 0 bridgehead atoms. The van der Waals surface area contributed by atoms with Crippen LogP contribution in [-0.2, 0) is 0 Å². The van der Waals surface area contributed by atoms with Gasteiger partial charge < -0.3 is 0 Å². The summed E-state index contributed by atoms with van der Waals surface area (Å²) in [6.45, 7) is 5.32. The van der Waals surface area contributed by atoms with Crippen molar-refractivity contribution >= 4 is 17.3 Å². The number of nitrogens with one attached hydrogen (secondary N) is 1. The SMILES string of the molecule is C/C(=N/NC(=O)c1cccc([N+](=O)[O-])c1C)c1ccc(C)cc1. The fourth-order valence-corrected chi connectivity index (χ4v) is 2.12. The van der Waals surface area contributed by atoms with E-state index in [0.29, 0.717) is 11.3 Å². The Morgan fingerprint density at radius 2 is 1.78 bits per heavy atom. The zero-order chi connectivity index (χ0) is 17.0. The van der Waals surface area contributed by atoms with Gasteiger partial charge in [0.25, 0.3) is 11.6 Å². The van der Waals surface area contributed by atoms with Gasteiger partial charge in [-0.25, -0.2) is 5.43 Å². The van der Waals surface area contributed by atoms with E-state index in [1.54, 1.807) is 13.8 Å². The third kappa shape index (κ3) is 3.79. The van der Waals surface area contributed by atoms with Gasteiger partial charge in [-0.05, 0) is 32.4 Å². The summed E-state index contributed by atoms with van der Waals surface area (Å²) in [4.78, 5) is 22.6. The maximum absolute atomic E-state index is 12.2. The highest BCUT2D eigenvalue weighted by molar-refractivity contribution is 6.01. The Morgan fingerprint density at radius 3 is 2.39 bits per heavy atom. The fraction of sp³-hybridized carbons (Fsp3) is 0.176. The van der Waals surface area contributed by atoms with Crippen LogP contribution in [0.4, 0.5) is 5.69 Å². The average molecular weight is 311 g/mol. The number of rotatable bonds is 4. The summed E-state index contributed by atoms with van der Waals surface area (Å²) in [7, 11) is 0. The van der Waals surface area contributed by atoms with Crippen molar-refractivity contribution in [2.75, 3.05) is 0 Å². The largest absolute Gasteiger partial charge is 0.273 e. The van der Waals surface area contributed by atoms with Gasteiger partial charge in [0.15, 0.2) is 0 Å². The molecule has 0 heterocycles. The number of hydrogen-bond acceptors (Lipinski definition) is 4. The predicted molar refractivity (Wildman–Crippen MR) is 88.7 cm³/mol.